The Labute approximate surface area is 254 Å². The minimum atomic E-state index is -4.52. The van der Waals surface area contributed by atoms with E-state index in [9.17, 15) is 18.3 Å². The molecule has 1 N–H and O–H groups in total. The van der Waals surface area contributed by atoms with Crippen molar-refractivity contribution in [3.05, 3.63) is 131 Å². The van der Waals surface area contributed by atoms with Crippen LogP contribution in [0.25, 0.3) is 21.9 Å². The molecule has 4 nitrogen and oxygen atoms in total. The standard InChI is InChI=1S/C35H32ClF3N2O2/c1-41(2)19-18-34(42,30-15-9-13-23-10-7-8-14-27(23)30)32(24-11-5-4-6-12-24)29-20-25(22-40-33(29)43-3)28-17-16-26(21-31(28)36)35(37,38)39/h4-17,20-22,32,42H,18-19H2,1-3H3. The lowest BCUT2D eigenvalue weighted by Crippen LogP contribution is -2.38. The quantitative estimate of drug-likeness (QED) is 0.183. The van der Waals surface area contributed by atoms with Gasteiger partial charge in [-0.1, -0.05) is 90.5 Å². The predicted molar refractivity (Wildman–Crippen MR) is 166 cm³/mol. The molecule has 43 heavy (non-hydrogen) atoms. The second kappa shape index (κ2) is 12.4. The highest BCUT2D eigenvalue weighted by atomic mass is 35.5. The maximum Gasteiger partial charge on any atom is 0.416 e. The van der Waals surface area contributed by atoms with Crippen molar-refractivity contribution in [2.45, 2.75) is 24.1 Å². The van der Waals surface area contributed by atoms with Crippen molar-refractivity contribution in [1.82, 2.24) is 9.88 Å². The number of benzene rings is 4. The van der Waals surface area contributed by atoms with Crippen LogP contribution in [0.4, 0.5) is 13.2 Å². The number of halogens is 4. The summed E-state index contributed by atoms with van der Waals surface area (Å²) in [6.07, 6.45) is -2.64. The van der Waals surface area contributed by atoms with Gasteiger partial charge in [-0.25, -0.2) is 4.98 Å². The zero-order valence-electron chi connectivity index (χ0n) is 24.1. The van der Waals surface area contributed by atoms with E-state index in [1.54, 1.807) is 0 Å². The molecule has 0 aliphatic heterocycles. The molecule has 0 bridgehead atoms. The lowest BCUT2D eigenvalue weighted by Gasteiger charge is -2.39. The molecule has 8 heteroatoms. The smallest absolute Gasteiger partial charge is 0.416 e. The monoisotopic (exact) mass is 604 g/mol. The molecular weight excluding hydrogens is 573 g/mol. The molecule has 1 aromatic heterocycles. The normalized spacial score (nSPS) is 14.1. The van der Waals surface area contributed by atoms with Gasteiger partial charge in [0.25, 0.3) is 0 Å². The molecular formula is C35H32ClF3N2O2. The van der Waals surface area contributed by atoms with Crippen LogP contribution in [-0.4, -0.2) is 42.7 Å². The van der Waals surface area contributed by atoms with Gasteiger partial charge in [-0.3, -0.25) is 0 Å². The Morgan fingerprint density at radius 2 is 1.60 bits per heavy atom. The summed E-state index contributed by atoms with van der Waals surface area (Å²) >= 11 is 6.41. The van der Waals surface area contributed by atoms with Gasteiger partial charge in [0, 0.05) is 40.4 Å². The molecule has 0 fully saturated rings. The van der Waals surface area contributed by atoms with Crippen LogP contribution in [0, 0.1) is 0 Å². The van der Waals surface area contributed by atoms with E-state index in [0.29, 0.717) is 35.5 Å². The van der Waals surface area contributed by atoms with Gasteiger partial charge in [-0.2, -0.15) is 13.2 Å². The fourth-order valence-corrected chi connectivity index (χ4v) is 6.00. The lowest BCUT2D eigenvalue weighted by molar-refractivity contribution is -0.137. The molecule has 4 aromatic carbocycles. The van der Waals surface area contributed by atoms with Crippen molar-refractivity contribution in [3.8, 4) is 17.0 Å². The summed E-state index contributed by atoms with van der Waals surface area (Å²) in [6.45, 7) is 0.573. The number of ether oxygens (including phenoxy) is 1. The second-order valence-corrected chi connectivity index (χ2v) is 11.3. The Kier molecular flexibility index (Phi) is 8.79. The highest BCUT2D eigenvalue weighted by Crippen LogP contribution is 2.49. The molecule has 0 radical (unpaired) electrons. The molecule has 1 heterocycles. The van der Waals surface area contributed by atoms with Gasteiger partial charge in [0.05, 0.1) is 12.7 Å². The fraction of sp³-hybridized carbons (Fsp3) is 0.229. The van der Waals surface area contributed by atoms with Gasteiger partial charge in [-0.15, -0.1) is 0 Å². The first-order valence-electron chi connectivity index (χ1n) is 13.8. The third-order valence-corrected chi connectivity index (χ3v) is 8.11. The van der Waals surface area contributed by atoms with Crippen molar-refractivity contribution >= 4 is 22.4 Å². The average Bonchev–Trinajstić information content (AvgIpc) is 3.00. The molecule has 0 spiro atoms. The number of aromatic nitrogens is 1. The summed E-state index contributed by atoms with van der Waals surface area (Å²) in [7, 11) is 5.42. The molecule has 2 unspecified atom stereocenters. The van der Waals surface area contributed by atoms with E-state index in [2.05, 4.69) is 4.98 Å². The molecule has 0 saturated heterocycles. The third kappa shape index (κ3) is 6.25. The van der Waals surface area contributed by atoms with Crippen LogP contribution >= 0.6 is 11.6 Å². The minimum Gasteiger partial charge on any atom is -0.481 e. The summed E-state index contributed by atoms with van der Waals surface area (Å²) in [5.41, 5.74) is 0.761. The van der Waals surface area contributed by atoms with Crippen LogP contribution in [-0.2, 0) is 11.8 Å². The largest absolute Gasteiger partial charge is 0.481 e. The maximum absolute atomic E-state index is 13.4. The number of nitrogens with zero attached hydrogens (tertiary/aromatic N) is 2. The van der Waals surface area contributed by atoms with Crippen molar-refractivity contribution in [1.29, 1.82) is 0 Å². The number of fused-ring (bicyclic) bond motifs is 1. The molecule has 0 amide bonds. The zero-order valence-corrected chi connectivity index (χ0v) is 24.8. The Morgan fingerprint density at radius 3 is 2.28 bits per heavy atom. The summed E-state index contributed by atoms with van der Waals surface area (Å²) in [5.74, 6) is -0.376. The first-order valence-corrected chi connectivity index (χ1v) is 14.2. The van der Waals surface area contributed by atoms with E-state index in [-0.39, 0.29) is 5.02 Å². The Hall–Kier alpha value is -3.91. The molecule has 5 rings (SSSR count). The molecule has 2 atom stereocenters. The van der Waals surface area contributed by atoms with E-state index < -0.39 is 23.3 Å². The lowest BCUT2D eigenvalue weighted by atomic mass is 9.70. The minimum absolute atomic E-state index is 0.0547. The topological polar surface area (TPSA) is 45.6 Å². The van der Waals surface area contributed by atoms with Crippen LogP contribution in [0.15, 0.2) is 103 Å². The van der Waals surface area contributed by atoms with Gasteiger partial charge < -0.3 is 14.7 Å². The average molecular weight is 605 g/mol. The van der Waals surface area contributed by atoms with Crippen LogP contribution in [0.2, 0.25) is 5.02 Å². The number of methoxy groups -OCH3 is 1. The number of aliphatic hydroxyl groups is 1. The Balaban J connectivity index is 1.78. The van der Waals surface area contributed by atoms with E-state index in [1.165, 1.54) is 19.4 Å². The number of rotatable bonds is 9. The fourth-order valence-electron chi connectivity index (χ4n) is 5.71. The number of pyridine rings is 1. The molecule has 222 valence electrons. The van der Waals surface area contributed by atoms with E-state index in [1.807, 2.05) is 97.9 Å². The van der Waals surface area contributed by atoms with Crippen LogP contribution < -0.4 is 4.74 Å². The van der Waals surface area contributed by atoms with Crippen LogP contribution in [0.3, 0.4) is 0 Å². The van der Waals surface area contributed by atoms with Crippen molar-refractivity contribution in [3.63, 3.8) is 0 Å². The van der Waals surface area contributed by atoms with E-state index in [4.69, 9.17) is 16.3 Å². The van der Waals surface area contributed by atoms with Gasteiger partial charge in [0.15, 0.2) is 0 Å². The van der Waals surface area contributed by atoms with Crippen LogP contribution in [0.1, 0.15) is 34.6 Å². The number of hydrogen-bond acceptors (Lipinski definition) is 4. The Morgan fingerprint density at radius 1 is 0.907 bits per heavy atom. The first kappa shape index (κ1) is 30.5. The SMILES string of the molecule is COc1ncc(-c2ccc(C(F)(F)F)cc2Cl)cc1C(c1ccccc1)C(O)(CCN(C)C)c1cccc2ccccc12. The second-order valence-electron chi connectivity index (χ2n) is 10.9. The van der Waals surface area contributed by atoms with E-state index >= 15 is 0 Å². The molecule has 5 aromatic rings. The first-order chi connectivity index (χ1) is 20.5. The van der Waals surface area contributed by atoms with Gasteiger partial charge in [-0.05, 0) is 60.6 Å². The summed E-state index contributed by atoms with van der Waals surface area (Å²) < 4.78 is 45.9. The van der Waals surface area contributed by atoms with Gasteiger partial charge in [0.1, 0.15) is 5.60 Å². The van der Waals surface area contributed by atoms with E-state index in [0.717, 1.165) is 34.0 Å². The van der Waals surface area contributed by atoms with Crippen molar-refractivity contribution < 1.29 is 23.0 Å². The maximum atomic E-state index is 13.4. The molecule has 0 aliphatic carbocycles. The van der Waals surface area contributed by atoms with Crippen molar-refractivity contribution in [2.24, 2.45) is 0 Å². The zero-order chi connectivity index (χ0) is 30.8. The Bertz CT molecular complexity index is 1720. The highest BCUT2D eigenvalue weighted by Gasteiger charge is 2.43. The van der Waals surface area contributed by atoms with Crippen molar-refractivity contribution in [2.75, 3.05) is 27.7 Å². The van der Waals surface area contributed by atoms with Gasteiger partial charge >= 0.3 is 6.18 Å². The summed E-state index contributed by atoms with van der Waals surface area (Å²) in [6, 6.07) is 28.5. The summed E-state index contributed by atoms with van der Waals surface area (Å²) in [4.78, 5) is 6.59. The number of alkyl halides is 3. The molecule has 0 saturated carbocycles. The molecule has 0 aliphatic rings. The summed E-state index contributed by atoms with van der Waals surface area (Å²) in [5, 5.41) is 15.0. The van der Waals surface area contributed by atoms with Gasteiger partial charge in [0.2, 0.25) is 5.88 Å². The third-order valence-electron chi connectivity index (χ3n) is 7.80. The van der Waals surface area contributed by atoms with Crippen LogP contribution in [0.5, 0.6) is 5.88 Å². The highest BCUT2D eigenvalue weighted by molar-refractivity contribution is 6.33. The number of hydrogen-bond donors (Lipinski definition) is 1. The predicted octanol–water partition coefficient (Wildman–Crippen LogP) is 8.55.